The summed E-state index contributed by atoms with van der Waals surface area (Å²) < 4.78 is 5.32. The third-order valence-electron chi connectivity index (χ3n) is 3.61. The molecule has 1 fully saturated rings. The second-order valence-electron chi connectivity index (χ2n) is 5.12. The second-order valence-corrected chi connectivity index (χ2v) is 5.12. The van der Waals surface area contributed by atoms with Crippen LogP contribution in [0.15, 0.2) is 24.3 Å². The van der Waals surface area contributed by atoms with Gasteiger partial charge in [0.25, 0.3) is 5.91 Å². The van der Waals surface area contributed by atoms with Crippen LogP contribution in [0.25, 0.3) is 0 Å². The van der Waals surface area contributed by atoms with Gasteiger partial charge in [-0.3, -0.25) is 9.59 Å². The van der Waals surface area contributed by atoms with E-state index >= 15 is 0 Å². The van der Waals surface area contributed by atoms with Crippen LogP contribution in [-0.4, -0.2) is 29.1 Å². The molecule has 0 saturated heterocycles. The first-order valence-electron chi connectivity index (χ1n) is 6.82. The Labute approximate surface area is 117 Å². The van der Waals surface area contributed by atoms with E-state index in [1.807, 2.05) is 6.92 Å². The van der Waals surface area contributed by atoms with Crippen molar-refractivity contribution in [1.82, 2.24) is 5.32 Å². The molecule has 1 amide bonds. The van der Waals surface area contributed by atoms with E-state index in [1.54, 1.807) is 24.3 Å². The minimum Gasteiger partial charge on any atom is -0.494 e. The predicted octanol–water partition coefficient (Wildman–Crippen LogP) is 2.21. The van der Waals surface area contributed by atoms with Crippen molar-refractivity contribution in [3.8, 4) is 5.75 Å². The lowest BCUT2D eigenvalue weighted by Crippen LogP contribution is -2.54. The number of rotatable bonds is 6. The molecule has 5 heteroatoms. The third-order valence-corrected chi connectivity index (χ3v) is 3.61. The minimum atomic E-state index is -0.878. The monoisotopic (exact) mass is 277 g/mol. The fourth-order valence-corrected chi connectivity index (χ4v) is 2.42. The summed E-state index contributed by atoms with van der Waals surface area (Å²) in [7, 11) is 0. The van der Waals surface area contributed by atoms with Crippen LogP contribution in [-0.2, 0) is 4.79 Å². The number of amides is 1. The van der Waals surface area contributed by atoms with Gasteiger partial charge in [-0.1, -0.05) is 0 Å². The van der Waals surface area contributed by atoms with Crippen molar-refractivity contribution in [3.63, 3.8) is 0 Å². The summed E-state index contributed by atoms with van der Waals surface area (Å²) in [5.41, 5.74) is -0.0493. The van der Waals surface area contributed by atoms with Crippen LogP contribution in [0.2, 0.25) is 0 Å². The van der Waals surface area contributed by atoms with Crippen molar-refractivity contribution >= 4 is 11.9 Å². The van der Waals surface area contributed by atoms with Crippen molar-refractivity contribution in [1.29, 1.82) is 0 Å². The summed E-state index contributed by atoms with van der Waals surface area (Å²) in [5, 5.41) is 11.8. The molecular weight excluding hydrogens is 258 g/mol. The molecule has 1 aromatic rings. The number of nitrogens with one attached hydrogen (secondary N) is 1. The number of hydrogen-bond donors (Lipinski definition) is 2. The van der Waals surface area contributed by atoms with Crippen molar-refractivity contribution < 1.29 is 19.4 Å². The van der Waals surface area contributed by atoms with E-state index in [0.29, 0.717) is 17.9 Å². The van der Waals surface area contributed by atoms with Crippen molar-refractivity contribution in [3.05, 3.63) is 29.8 Å². The van der Waals surface area contributed by atoms with Crippen LogP contribution in [0.4, 0.5) is 0 Å². The van der Waals surface area contributed by atoms with Crippen molar-refractivity contribution in [2.24, 2.45) is 0 Å². The number of carboxylic acid groups (broad SMARTS) is 1. The van der Waals surface area contributed by atoms with Gasteiger partial charge in [-0.15, -0.1) is 0 Å². The maximum atomic E-state index is 12.2. The average molecular weight is 277 g/mol. The number of ether oxygens (including phenoxy) is 1. The van der Waals surface area contributed by atoms with Gasteiger partial charge in [0, 0.05) is 5.56 Å². The van der Waals surface area contributed by atoms with Crippen LogP contribution in [0.3, 0.4) is 0 Å². The van der Waals surface area contributed by atoms with Crippen LogP contribution in [0.1, 0.15) is 43.0 Å². The topological polar surface area (TPSA) is 75.6 Å². The molecule has 2 rings (SSSR count). The highest BCUT2D eigenvalue weighted by molar-refractivity contribution is 5.95. The van der Waals surface area contributed by atoms with E-state index in [4.69, 9.17) is 9.84 Å². The Balaban J connectivity index is 2.01. The van der Waals surface area contributed by atoms with Gasteiger partial charge in [0.2, 0.25) is 0 Å². The Morgan fingerprint density at radius 3 is 2.40 bits per heavy atom. The summed E-state index contributed by atoms with van der Waals surface area (Å²) >= 11 is 0. The largest absolute Gasteiger partial charge is 0.494 e. The van der Waals surface area contributed by atoms with E-state index in [2.05, 4.69) is 5.32 Å². The first-order chi connectivity index (χ1) is 9.54. The van der Waals surface area contributed by atoms with Gasteiger partial charge < -0.3 is 15.2 Å². The first kappa shape index (κ1) is 14.4. The van der Waals surface area contributed by atoms with Gasteiger partial charge in [0.15, 0.2) is 0 Å². The average Bonchev–Trinajstić information content (AvgIpc) is 2.36. The van der Waals surface area contributed by atoms with E-state index in [-0.39, 0.29) is 12.3 Å². The molecule has 0 aromatic heterocycles. The Morgan fingerprint density at radius 2 is 1.95 bits per heavy atom. The van der Waals surface area contributed by atoms with Crippen LogP contribution >= 0.6 is 0 Å². The molecule has 108 valence electrons. The normalized spacial score (nSPS) is 16.1. The Morgan fingerprint density at radius 1 is 1.30 bits per heavy atom. The lowest BCUT2D eigenvalue weighted by molar-refractivity contribution is -0.139. The molecule has 0 unspecified atom stereocenters. The quantitative estimate of drug-likeness (QED) is 0.836. The highest BCUT2D eigenvalue weighted by Crippen LogP contribution is 2.35. The molecule has 0 radical (unpaired) electrons. The highest BCUT2D eigenvalue weighted by Gasteiger charge is 2.40. The molecule has 0 spiro atoms. The number of carbonyl (C=O) groups excluding carboxylic acids is 1. The summed E-state index contributed by atoms with van der Waals surface area (Å²) in [5.74, 6) is -0.390. The van der Waals surface area contributed by atoms with Crippen LogP contribution in [0.5, 0.6) is 5.75 Å². The first-order valence-corrected chi connectivity index (χ1v) is 6.82. The summed E-state index contributed by atoms with van der Waals surface area (Å²) in [6, 6.07) is 6.85. The molecule has 1 aliphatic rings. The Hall–Kier alpha value is -2.04. The number of carboxylic acids is 1. The fraction of sp³-hybridized carbons (Fsp3) is 0.467. The van der Waals surface area contributed by atoms with Crippen LogP contribution in [0, 0.1) is 0 Å². The third kappa shape index (κ3) is 3.29. The number of aliphatic carboxylic acids is 1. The standard InChI is InChI=1S/C15H19NO4/c1-2-20-12-6-4-11(5-7-12)14(19)16-15(8-3-9-15)10-13(17)18/h4-7H,2-3,8-10H2,1H3,(H,16,19)(H,17,18). The zero-order chi connectivity index (χ0) is 14.6. The lowest BCUT2D eigenvalue weighted by Gasteiger charge is -2.41. The van der Waals surface area contributed by atoms with Gasteiger partial charge in [-0.2, -0.15) is 0 Å². The smallest absolute Gasteiger partial charge is 0.305 e. The molecule has 20 heavy (non-hydrogen) atoms. The van der Waals surface area contributed by atoms with E-state index in [0.717, 1.165) is 19.3 Å². The maximum Gasteiger partial charge on any atom is 0.305 e. The molecule has 0 aliphatic heterocycles. The summed E-state index contributed by atoms with van der Waals surface area (Å²) in [6.07, 6.45) is 2.39. The van der Waals surface area contributed by atoms with Gasteiger partial charge >= 0.3 is 5.97 Å². The molecule has 1 aromatic carbocycles. The zero-order valence-electron chi connectivity index (χ0n) is 11.5. The van der Waals surface area contributed by atoms with E-state index < -0.39 is 11.5 Å². The molecule has 5 nitrogen and oxygen atoms in total. The van der Waals surface area contributed by atoms with Crippen LogP contribution < -0.4 is 10.1 Å². The van der Waals surface area contributed by atoms with E-state index in [1.165, 1.54) is 0 Å². The predicted molar refractivity (Wildman–Crippen MR) is 73.9 cm³/mol. The molecular formula is C15H19NO4. The Kier molecular flexibility index (Phi) is 4.27. The summed E-state index contributed by atoms with van der Waals surface area (Å²) in [6.45, 7) is 2.47. The maximum absolute atomic E-state index is 12.2. The number of hydrogen-bond acceptors (Lipinski definition) is 3. The van der Waals surface area contributed by atoms with Gasteiger partial charge in [0.1, 0.15) is 5.75 Å². The molecule has 2 N–H and O–H groups in total. The molecule has 0 bridgehead atoms. The van der Waals surface area contributed by atoms with Gasteiger partial charge in [-0.05, 0) is 50.5 Å². The van der Waals surface area contributed by atoms with E-state index in [9.17, 15) is 9.59 Å². The minimum absolute atomic E-state index is 0.0181. The molecule has 1 aliphatic carbocycles. The zero-order valence-corrected chi connectivity index (χ0v) is 11.5. The highest BCUT2D eigenvalue weighted by atomic mass is 16.5. The molecule has 0 heterocycles. The van der Waals surface area contributed by atoms with Gasteiger partial charge in [0.05, 0.1) is 18.6 Å². The number of carbonyl (C=O) groups is 2. The molecule has 1 saturated carbocycles. The van der Waals surface area contributed by atoms with Crippen molar-refractivity contribution in [2.75, 3.05) is 6.61 Å². The second kappa shape index (κ2) is 5.94. The van der Waals surface area contributed by atoms with Crippen molar-refractivity contribution in [2.45, 2.75) is 38.1 Å². The summed E-state index contributed by atoms with van der Waals surface area (Å²) in [4.78, 5) is 23.0. The SMILES string of the molecule is CCOc1ccc(C(=O)NC2(CC(=O)O)CCC2)cc1. The lowest BCUT2D eigenvalue weighted by atomic mass is 9.74. The fourth-order valence-electron chi connectivity index (χ4n) is 2.42. The Bertz CT molecular complexity index is 491. The molecule has 0 atom stereocenters. The number of benzene rings is 1. The van der Waals surface area contributed by atoms with Gasteiger partial charge in [-0.25, -0.2) is 0 Å².